The molecule has 0 amide bonds. The topological polar surface area (TPSA) is 44.8 Å². The van der Waals surface area contributed by atoms with Crippen molar-refractivity contribution < 1.29 is 23.0 Å². The molecular formula is C29H26FO4P. The summed E-state index contributed by atoms with van der Waals surface area (Å²) < 4.78 is 45.4. The Balaban J connectivity index is 0.00000289. The summed E-state index contributed by atoms with van der Waals surface area (Å²) >= 11 is 0. The van der Waals surface area contributed by atoms with Gasteiger partial charge in [0.05, 0.1) is 24.8 Å². The van der Waals surface area contributed by atoms with E-state index in [2.05, 4.69) is 0 Å². The highest BCUT2D eigenvalue weighted by molar-refractivity contribution is 7.75. The molecule has 0 radical (unpaired) electrons. The SMILES string of the molecule is C.COc1cc(P2(=O)Oc3ccccc3-c3ccccc32)c(OC)cc1/C=C/c1ccc(F)cc1. The van der Waals surface area contributed by atoms with Crippen LogP contribution in [0.15, 0.2) is 84.9 Å². The quantitative estimate of drug-likeness (QED) is 0.226. The first kappa shape index (κ1) is 24.3. The second-order valence-corrected chi connectivity index (χ2v) is 10.1. The Morgan fingerprint density at radius 2 is 1.43 bits per heavy atom. The van der Waals surface area contributed by atoms with Gasteiger partial charge in [0.2, 0.25) is 0 Å². The molecular weight excluding hydrogens is 462 g/mol. The van der Waals surface area contributed by atoms with E-state index in [1.165, 1.54) is 19.2 Å². The highest BCUT2D eigenvalue weighted by Crippen LogP contribution is 2.55. The van der Waals surface area contributed by atoms with Crippen LogP contribution >= 0.6 is 7.37 Å². The van der Waals surface area contributed by atoms with Gasteiger partial charge in [-0.2, -0.15) is 0 Å². The normalized spacial score (nSPS) is 16.0. The smallest absolute Gasteiger partial charge is 0.311 e. The summed E-state index contributed by atoms with van der Waals surface area (Å²) in [5, 5.41) is 1.04. The lowest BCUT2D eigenvalue weighted by Gasteiger charge is -2.30. The molecule has 4 aromatic carbocycles. The molecule has 4 nitrogen and oxygen atoms in total. The fourth-order valence-electron chi connectivity index (χ4n) is 4.12. The van der Waals surface area contributed by atoms with E-state index in [1.807, 2.05) is 60.7 Å². The molecule has 0 aromatic heterocycles. The van der Waals surface area contributed by atoms with Crippen LogP contribution in [-0.4, -0.2) is 14.2 Å². The Bertz CT molecular complexity index is 1440. The van der Waals surface area contributed by atoms with Crippen molar-refractivity contribution in [3.8, 4) is 28.4 Å². The maximum absolute atomic E-state index is 14.6. The second kappa shape index (κ2) is 9.81. The molecule has 178 valence electrons. The number of fused-ring (bicyclic) bond motifs is 3. The lowest BCUT2D eigenvalue weighted by Crippen LogP contribution is -2.26. The van der Waals surface area contributed by atoms with E-state index in [-0.39, 0.29) is 13.2 Å². The van der Waals surface area contributed by atoms with Crippen LogP contribution < -0.4 is 24.6 Å². The molecule has 6 heteroatoms. The van der Waals surface area contributed by atoms with Gasteiger partial charge in [0.1, 0.15) is 23.1 Å². The van der Waals surface area contributed by atoms with Gasteiger partial charge in [-0.1, -0.05) is 68.1 Å². The second-order valence-electron chi connectivity index (χ2n) is 7.81. The number of hydrogen-bond donors (Lipinski definition) is 0. The number of halogens is 1. The number of rotatable bonds is 5. The first-order valence-electron chi connectivity index (χ1n) is 10.7. The third-order valence-corrected chi connectivity index (χ3v) is 8.26. The highest BCUT2D eigenvalue weighted by atomic mass is 31.2. The van der Waals surface area contributed by atoms with Gasteiger partial charge < -0.3 is 14.0 Å². The summed E-state index contributed by atoms with van der Waals surface area (Å²) in [5.74, 6) is 1.21. The minimum Gasteiger partial charge on any atom is -0.496 e. The van der Waals surface area contributed by atoms with Gasteiger partial charge in [0, 0.05) is 11.1 Å². The average molecular weight is 488 g/mol. The van der Waals surface area contributed by atoms with E-state index >= 15 is 0 Å². The van der Waals surface area contributed by atoms with E-state index in [0.717, 1.165) is 22.3 Å². The minimum atomic E-state index is -3.56. The van der Waals surface area contributed by atoms with Gasteiger partial charge in [-0.15, -0.1) is 0 Å². The zero-order valence-electron chi connectivity index (χ0n) is 18.7. The van der Waals surface area contributed by atoms with E-state index in [9.17, 15) is 8.96 Å². The zero-order valence-corrected chi connectivity index (χ0v) is 19.6. The Morgan fingerprint density at radius 1 is 0.771 bits per heavy atom. The molecule has 1 aliphatic heterocycles. The van der Waals surface area contributed by atoms with Crippen molar-refractivity contribution in [2.45, 2.75) is 7.43 Å². The Labute approximate surface area is 205 Å². The fraction of sp³-hybridized carbons (Fsp3) is 0.103. The Hall–Kier alpha value is -3.82. The van der Waals surface area contributed by atoms with Crippen molar-refractivity contribution in [1.29, 1.82) is 0 Å². The first-order chi connectivity index (χ1) is 16.5. The maximum atomic E-state index is 14.6. The van der Waals surface area contributed by atoms with Gasteiger partial charge in [0.25, 0.3) is 0 Å². The molecule has 1 aliphatic rings. The van der Waals surface area contributed by atoms with Gasteiger partial charge >= 0.3 is 7.37 Å². The average Bonchev–Trinajstić information content (AvgIpc) is 2.88. The van der Waals surface area contributed by atoms with Crippen molar-refractivity contribution in [2.75, 3.05) is 14.2 Å². The predicted molar refractivity (Wildman–Crippen MR) is 141 cm³/mol. The first-order valence-corrected chi connectivity index (χ1v) is 12.3. The van der Waals surface area contributed by atoms with Crippen LogP contribution in [0.3, 0.4) is 0 Å². The van der Waals surface area contributed by atoms with Crippen molar-refractivity contribution in [3.63, 3.8) is 0 Å². The monoisotopic (exact) mass is 488 g/mol. The van der Waals surface area contributed by atoms with E-state index in [0.29, 0.717) is 27.9 Å². The minimum absolute atomic E-state index is 0. The molecule has 1 unspecified atom stereocenters. The highest BCUT2D eigenvalue weighted by Gasteiger charge is 2.40. The van der Waals surface area contributed by atoms with Crippen LogP contribution in [0.5, 0.6) is 17.2 Å². The maximum Gasteiger partial charge on any atom is 0.311 e. The molecule has 35 heavy (non-hydrogen) atoms. The molecule has 0 saturated heterocycles. The molecule has 0 aliphatic carbocycles. The summed E-state index contributed by atoms with van der Waals surface area (Å²) in [6, 6.07) is 24.8. The fourth-order valence-corrected chi connectivity index (χ4v) is 6.54. The molecule has 0 bridgehead atoms. The number of benzene rings is 4. The summed E-state index contributed by atoms with van der Waals surface area (Å²) in [6.45, 7) is 0. The molecule has 1 atom stereocenters. The predicted octanol–water partition coefficient (Wildman–Crippen LogP) is 6.94. The number of methoxy groups -OCH3 is 2. The van der Waals surface area contributed by atoms with Gasteiger partial charge in [-0.3, -0.25) is 4.57 Å². The molecule has 0 spiro atoms. The van der Waals surface area contributed by atoms with Crippen molar-refractivity contribution in [3.05, 3.63) is 102 Å². The van der Waals surface area contributed by atoms with Crippen LogP contribution in [0, 0.1) is 5.82 Å². The van der Waals surface area contributed by atoms with Gasteiger partial charge in [0.15, 0.2) is 0 Å². The standard InChI is InChI=1S/C28H22FO4P.CH4/c1-31-25-18-28(26(32-2)17-20(25)14-11-19-12-15-21(29)16-13-19)34(30)27-10-6-4-8-23(27)22-7-3-5-9-24(22)33-34;/h3-18H,1-2H3;1H4/b14-11+;. The third kappa shape index (κ3) is 4.36. The molecule has 0 saturated carbocycles. The van der Waals surface area contributed by atoms with Crippen molar-refractivity contribution in [2.24, 2.45) is 0 Å². The van der Waals surface area contributed by atoms with Crippen LogP contribution in [0.25, 0.3) is 23.3 Å². The summed E-state index contributed by atoms with van der Waals surface area (Å²) in [6.07, 6.45) is 3.69. The van der Waals surface area contributed by atoms with Crippen LogP contribution in [0.1, 0.15) is 18.6 Å². The van der Waals surface area contributed by atoms with Crippen molar-refractivity contribution >= 4 is 30.1 Å². The molecule has 0 fully saturated rings. The molecule has 1 heterocycles. The van der Waals surface area contributed by atoms with Crippen molar-refractivity contribution in [1.82, 2.24) is 0 Å². The number of hydrogen-bond acceptors (Lipinski definition) is 4. The summed E-state index contributed by atoms with van der Waals surface area (Å²) in [7, 11) is -0.462. The van der Waals surface area contributed by atoms with E-state index in [4.69, 9.17) is 14.0 Å². The van der Waals surface area contributed by atoms with Gasteiger partial charge in [-0.25, -0.2) is 4.39 Å². The van der Waals surface area contributed by atoms with Gasteiger partial charge in [-0.05, 0) is 47.5 Å². The van der Waals surface area contributed by atoms with Crippen LogP contribution in [0.4, 0.5) is 4.39 Å². The Morgan fingerprint density at radius 3 is 2.14 bits per heavy atom. The van der Waals surface area contributed by atoms with Crippen LogP contribution in [-0.2, 0) is 4.57 Å². The molecule has 4 aromatic rings. The largest absolute Gasteiger partial charge is 0.496 e. The van der Waals surface area contributed by atoms with E-state index in [1.54, 1.807) is 31.4 Å². The lowest BCUT2D eigenvalue weighted by atomic mass is 10.0. The zero-order chi connectivity index (χ0) is 23.7. The molecule has 0 N–H and O–H groups in total. The Kier molecular flexibility index (Phi) is 6.81. The number of ether oxygens (including phenoxy) is 2. The summed E-state index contributed by atoms with van der Waals surface area (Å²) in [5.41, 5.74) is 3.33. The molecule has 5 rings (SSSR count). The third-order valence-electron chi connectivity index (χ3n) is 5.80. The summed E-state index contributed by atoms with van der Waals surface area (Å²) in [4.78, 5) is 0. The number of para-hydroxylation sites is 1. The van der Waals surface area contributed by atoms with Crippen LogP contribution in [0.2, 0.25) is 0 Å². The lowest BCUT2D eigenvalue weighted by molar-refractivity contribution is 0.403. The van der Waals surface area contributed by atoms with E-state index < -0.39 is 7.37 Å².